The molecule has 2 aromatic rings. The van der Waals surface area contributed by atoms with E-state index in [1.165, 1.54) is 28.2 Å². The molecule has 2 aliphatic heterocycles. The van der Waals surface area contributed by atoms with Gasteiger partial charge in [0.1, 0.15) is 7.05 Å². The van der Waals surface area contributed by atoms with Crippen LogP contribution in [0.4, 0.5) is 11.4 Å². The number of hydrogen-bond acceptors (Lipinski definition) is 1. The lowest BCUT2D eigenvalue weighted by Gasteiger charge is -2.36. The summed E-state index contributed by atoms with van der Waals surface area (Å²) >= 11 is 0. The van der Waals surface area contributed by atoms with Gasteiger partial charge >= 0.3 is 0 Å². The molecule has 0 saturated heterocycles. The summed E-state index contributed by atoms with van der Waals surface area (Å²) in [6.45, 7) is 13.0. The molecule has 2 heterocycles. The first kappa shape index (κ1) is 19.7. The molecule has 0 amide bonds. The van der Waals surface area contributed by atoms with Crippen LogP contribution in [0.1, 0.15) is 44.2 Å². The summed E-state index contributed by atoms with van der Waals surface area (Å²) in [6.07, 6.45) is 7.10. The van der Waals surface area contributed by atoms with Crippen molar-refractivity contribution in [3.8, 4) is 0 Å². The zero-order valence-corrected chi connectivity index (χ0v) is 18.3. The second-order valence-corrected chi connectivity index (χ2v) is 9.11. The number of likely N-dealkylation sites (N-methyl/N-ethyl adjacent to an activating group) is 1. The summed E-state index contributed by atoms with van der Waals surface area (Å²) in [5.74, 6) is 0. The fourth-order valence-electron chi connectivity index (χ4n) is 5.91. The van der Waals surface area contributed by atoms with Crippen molar-refractivity contribution in [3.63, 3.8) is 0 Å². The van der Waals surface area contributed by atoms with E-state index in [1.807, 2.05) is 0 Å². The number of anilines is 1. The second kappa shape index (κ2) is 7.02. The first-order valence-corrected chi connectivity index (χ1v) is 10.6. The van der Waals surface area contributed by atoms with Gasteiger partial charge in [0, 0.05) is 35.8 Å². The van der Waals surface area contributed by atoms with Crippen molar-refractivity contribution in [1.29, 1.82) is 0 Å². The maximum Gasteiger partial charge on any atom is 0.209 e. The molecule has 150 valence electrons. The average Bonchev–Trinajstić information content (AvgIpc) is 3.06. The minimum absolute atomic E-state index is 0.0161. The lowest BCUT2D eigenvalue weighted by atomic mass is 9.69. The van der Waals surface area contributed by atoms with Crippen LogP contribution in [0, 0.1) is 0 Å². The van der Waals surface area contributed by atoms with E-state index in [4.69, 9.17) is 0 Å². The SMILES string of the molecule is C=CCC1(C)C(CC2N(C)c3ccccc3C2(C)CC=C)=[N+](C)c2ccccc21. The van der Waals surface area contributed by atoms with Gasteiger partial charge in [-0.25, -0.2) is 4.58 Å². The molecule has 2 aliphatic rings. The zero-order chi connectivity index (χ0) is 20.8. The molecule has 0 fully saturated rings. The molecule has 2 nitrogen and oxygen atoms in total. The van der Waals surface area contributed by atoms with Crippen molar-refractivity contribution >= 4 is 17.1 Å². The van der Waals surface area contributed by atoms with Crippen LogP contribution in [0.25, 0.3) is 0 Å². The number of benzene rings is 2. The summed E-state index contributed by atoms with van der Waals surface area (Å²) < 4.78 is 2.43. The average molecular weight is 386 g/mol. The largest absolute Gasteiger partial charge is 0.370 e. The van der Waals surface area contributed by atoms with E-state index >= 15 is 0 Å². The molecule has 0 aliphatic carbocycles. The van der Waals surface area contributed by atoms with Crippen LogP contribution in [0.15, 0.2) is 73.8 Å². The van der Waals surface area contributed by atoms with Crippen molar-refractivity contribution in [3.05, 3.63) is 85.0 Å². The Balaban J connectivity index is 1.81. The Morgan fingerprint density at radius 1 is 0.966 bits per heavy atom. The maximum atomic E-state index is 4.09. The highest BCUT2D eigenvalue weighted by Gasteiger charge is 2.52. The first-order chi connectivity index (χ1) is 13.9. The Labute approximate surface area is 175 Å². The summed E-state index contributed by atoms with van der Waals surface area (Å²) in [6, 6.07) is 18.1. The molecule has 0 spiro atoms. The van der Waals surface area contributed by atoms with E-state index < -0.39 is 0 Å². The van der Waals surface area contributed by atoms with E-state index in [2.05, 4.69) is 111 Å². The standard InChI is InChI=1S/C27H33N2/c1-7-17-26(3)20-13-9-11-15-22(20)28(5)24(26)19-25-27(4,18-8-2)21-14-10-12-16-23(21)29(25)6/h7-16,24H,1-2,17-19H2,3-6H3/q+1. The van der Waals surface area contributed by atoms with Crippen LogP contribution in [0.5, 0.6) is 0 Å². The lowest BCUT2D eigenvalue weighted by Crippen LogP contribution is -2.46. The molecule has 2 aromatic carbocycles. The van der Waals surface area contributed by atoms with Gasteiger partial charge in [0.25, 0.3) is 0 Å². The molecule has 4 rings (SSSR count). The van der Waals surface area contributed by atoms with Crippen LogP contribution in [-0.2, 0) is 10.8 Å². The number of nitrogens with zero attached hydrogens (tertiary/aromatic N) is 2. The molecule has 0 saturated carbocycles. The van der Waals surface area contributed by atoms with Gasteiger partial charge in [-0.3, -0.25) is 0 Å². The van der Waals surface area contributed by atoms with Crippen LogP contribution < -0.4 is 4.90 Å². The van der Waals surface area contributed by atoms with Crippen molar-refractivity contribution in [1.82, 2.24) is 0 Å². The quantitative estimate of drug-likeness (QED) is 0.437. The van der Waals surface area contributed by atoms with Gasteiger partial charge in [0.2, 0.25) is 5.69 Å². The summed E-state index contributed by atoms with van der Waals surface area (Å²) in [7, 11) is 4.49. The molecular weight excluding hydrogens is 352 g/mol. The van der Waals surface area contributed by atoms with E-state index in [0.717, 1.165) is 19.3 Å². The van der Waals surface area contributed by atoms with Crippen LogP contribution in [0.2, 0.25) is 0 Å². The van der Waals surface area contributed by atoms with Crippen molar-refractivity contribution < 1.29 is 4.58 Å². The third-order valence-electron chi connectivity index (χ3n) is 7.51. The lowest BCUT2D eigenvalue weighted by molar-refractivity contribution is -0.404. The fourth-order valence-corrected chi connectivity index (χ4v) is 5.91. The van der Waals surface area contributed by atoms with Gasteiger partial charge in [0.15, 0.2) is 5.71 Å². The van der Waals surface area contributed by atoms with Gasteiger partial charge in [-0.1, -0.05) is 55.5 Å². The van der Waals surface area contributed by atoms with Gasteiger partial charge in [-0.15, -0.1) is 13.2 Å². The smallest absolute Gasteiger partial charge is 0.209 e. The Hall–Kier alpha value is -2.61. The molecular formula is C27H33N2+. The summed E-state index contributed by atoms with van der Waals surface area (Å²) in [4.78, 5) is 2.50. The molecule has 2 heteroatoms. The third kappa shape index (κ3) is 2.73. The van der Waals surface area contributed by atoms with Gasteiger partial charge in [-0.05, 0) is 31.4 Å². The van der Waals surface area contributed by atoms with E-state index in [0.29, 0.717) is 6.04 Å². The Morgan fingerprint density at radius 3 is 2.28 bits per heavy atom. The molecule has 0 radical (unpaired) electrons. The summed E-state index contributed by atoms with van der Waals surface area (Å²) in [5.41, 5.74) is 7.06. The Kier molecular flexibility index (Phi) is 4.77. The topological polar surface area (TPSA) is 6.25 Å². The predicted molar refractivity (Wildman–Crippen MR) is 125 cm³/mol. The predicted octanol–water partition coefficient (Wildman–Crippen LogP) is 5.99. The number of rotatable bonds is 6. The fraction of sp³-hybridized carbons (Fsp3) is 0.370. The second-order valence-electron chi connectivity index (χ2n) is 9.11. The van der Waals surface area contributed by atoms with Gasteiger partial charge < -0.3 is 4.90 Å². The molecule has 0 aromatic heterocycles. The van der Waals surface area contributed by atoms with Crippen molar-refractivity contribution in [2.45, 2.75) is 50.0 Å². The highest BCUT2D eigenvalue weighted by atomic mass is 15.2. The van der Waals surface area contributed by atoms with Crippen molar-refractivity contribution in [2.75, 3.05) is 19.0 Å². The minimum Gasteiger partial charge on any atom is -0.370 e. The molecule has 3 unspecified atom stereocenters. The number of fused-ring (bicyclic) bond motifs is 2. The van der Waals surface area contributed by atoms with Crippen LogP contribution in [0.3, 0.4) is 0 Å². The van der Waals surface area contributed by atoms with E-state index in [9.17, 15) is 0 Å². The third-order valence-corrected chi connectivity index (χ3v) is 7.51. The monoisotopic (exact) mass is 385 g/mol. The summed E-state index contributed by atoms with van der Waals surface area (Å²) in [5, 5.41) is 0. The Bertz CT molecular complexity index is 1000. The molecule has 0 N–H and O–H groups in total. The normalized spacial score (nSPS) is 27.7. The number of hydrogen-bond donors (Lipinski definition) is 0. The van der Waals surface area contributed by atoms with Crippen LogP contribution in [-0.4, -0.2) is 30.4 Å². The highest BCUT2D eigenvalue weighted by molar-refractivity contribution is 5.96. The minimum atomic E-state index is -0.0161. The molecule has 3 atom stereocenters. The van der Waals surface area contributed by atoms with Crippen molar-refractivity contribution in [2.24, 2.45) is 0 Å². The highest BCUT2D eigenvalue weighted by Crippen LogP contribution is 2.50. The van der Waals surface area contributed by atoms with Gasteiger partial charge in [0.05, 0.1) is 11.8 Å². The zero-order valence-electron chi connectivity index (χ0n) is 18.3. The number of allylic oxidation sites excluding steroid dienone is 2. The molecule has 0 bridgehead atoms. The van der Waals surface area contributed by atoms with Gasteiger partial charge in [-0.2, -0.15) is 0 Å². The maximum absolute atomic E-state index is 4.09. The first-order valence-electron chi connectivity index (χ1n) is 10.6. The van der Waals surface area contributed by atoms with Crippen LogP contribution >= 0.6 is 0 Å². The number of para-hydroxylation sites is 2. The van der Waals surface area contributed by atoms with E-state index in [1.54, 1.807) is 0 Å². The van der Waals surface area contributed by atoms with E-state index in [-0.39, 0.29) is 10.8 Å². The Morgan fingerprint density at radius 2 is 1.59 bits per heavy atom. The molecule has 29 heavy (non-hydrogen) atoms.